The van der Waals surface area contributed by atoms with Crippen LogP contribution >= 0.6 is 0 Å². The van der Waals surface area contributed by atoms with Gasteiger partial charge in [0.1, 0.15) is 11.3 Å². The molecular formula is C18H17F2N5O. The highest BCUT2D eigenvalue weighted by Gasteiger charge is 2.28. The number of para-hydroxylation sites is 1. The van der Waals surface area contributed by atoms with Crippen molar-refractivity contribution < 1.29 is 13.6 Å². The summed E-state index contributed by atoms with van der Waals surface area (Å²) in [6.45, 7) is 3.14. The molecule has 1 aliphatic heterocycles. The monoisotopic (exact) mass is 357 g/mol. The molecule has 0 fully saturated rings. The van der Waals surface area contributed by atoms with Gasteiger partial charge >= 0.3 is 0 Å². The minimum Gasteiger partial charge on any atom is -0.363 e. The molecule has 3 N–H and O–H groups in total. The van der Waals surface area contributed by atoms with Crippen LogP contribution in [-0.2, 0) is 0 Å². The highest BCUT2D eigenvalue weighted by atomic mass is 19.3. The average molecular weight is 357 g/mol. The molecule has 0 saturated carbocycles. The molecule has 1 aliphatic rings. The van der Waals surface area contributed by atoms with Crippen LogP contribution in [0.25, 0.3) is 22.3 Å². The van der Waals surface area contributed by atoms with Gasteiger partial charge in [-0.1, -0.05) is 12.1 Å². The summed E-state index contributed by atoms with van der Waals surface area (Å²) in [7, 11) is 0. The van der Waals surface area contributed by atoms with Gasteiger partial charge < -0.3 is 15.6 Å². The van der Waals surface area contributed by atoms with Gasteiger partial charge in [0.15, 0.2) is 0 Å². The quantitative estimate of drug-likeness (QED) is 0.668. The van der Waals surface area contributed by atoms with Crippen LogP contribution < -0.4 is 10.6 Å². The van der Waals surface area contributed by atoms with E-state index in [-0.39, 0.29) is 11.9 Å². The second-order valence-corrected chi connectivity index (χ2v) is 6.31. The molecule has 6 nitrogen and oxygen atoms in total. The summed E-state index contributed by atoms with van der Waals surface area (Å²) in [5.74, 6) is 0.215. The fourth-order valence-electron chi connectivity index (χ4n) is 3.22. The lowest BCUT2D eigenvalue weighted by atomic mass is 10.1. The standard InChI is InChI=1S/C18H17F2N5O/c1-8-15-11(18(26)23-8)6-13(24-15)10-4-3-5-12-16(10)25-17(9(2)22-12)21-7-14(19)20/h3-6,8,14,24H,7H2,1-2H3,(H,21,25)(H,23,26). The molecular weight excluding hydrogens is 340 g/mol. The van der Waals surface area contributed by atoms with Crippen LogP contribution in [-0.4, -0.2) is 33.8 Å². The number of nitrogens with one attached hydrogen (secondary N) is 3. The van der Waals surface area contributed by atoms with E-state index < -0.39 is 13.0 Å². The Morgan fingerprint density at radius 2 is 2.08 bits per heavy atom. The number of fused-ring (bicyclic) bond motifs is 2. The summed E-state index contributed by atoms with van der Waals surface area (Å²) in [6, 6.07) is 7.25. The number of nitrogens with zero attached hydrogens (tertiary/aromatic N) is 2. The van der Waals surface area contributed by atoms with E-state index in [2.05, 4.69) is 25.6 Å². The molecule has 1 atom stereocenters. The number of amides is 1. The third kappa shape index (κ3) is 2.67. The highest BCUT2D eigenvalue weighted by molar-refractivity contribution is 6.01. The number of hydrogen-bond donors (Lipinski definition) is 3. The zero-order valence-electron chi connectivity index (χ0n) is 14.2. The molecule has 2 aromatic heterocycles. The van der Waals surface area contributed by atoms with Crippen molar-refractivity contribution in [3.63, 3.8) is 0 Å². The van der Waals surface area contributed by atoms with Gasteiger partial charge in [-0.2, -0.15) is 0 Å². The Bertz CT molecular complexity index is 1010. The van der Waals surface area contributed by atoms with Crippen molar-refractivity contribution >= 4 is 22.8 Å². The number of alkyl halides is 2. The Morgan fingerprint density at radius 3 is 2.81 bits per heavy atom. The van der Waals surface area contributed by atoms with Crippen molar-refractivity contribution in [1.29, 1.82) is 0 Å². The van der Waals surface area contributed by atoms with E-state index in [9.17, 15) is 13.6 Å². The largest absolute Gasteiger partial charge is 0.363 e. The lowest BCUT2D eigenvalue weighted by Gasteiger charge is -2.11. The molecule has 4 rings (SSSR count). The maximum atomic E-state index is 12.5. The number of aryl methyl sites for hydroxylation is 1. The average Bonchev–Trinajstić information content (AvgIpc) is 3.14. The summed E-state index contributed by atoms with van der Waals surface area (Å²) >= 11 is 0. The first kappa shape index (κ1) is 16.4. The zero-order chi connectivity index (χ0) is 18.4. The van der Waals surface area contributed by atoms with Gasteiger partial charge in [-0.05, 0) is 26.0 Å². The van der Waals surface area contributed by atoms with Gasteiger partial charge in [0.05, 0.1) is 35.1 Å². The summed E-state index contributed by atoms with van der Waals surface area (Å²) in [6.07, 6.45) is -2.48. The number of carbonyl (C=O) groups excluding carboxylic acids is 1. The van der Waals surface area contributed by atoms with Crippen LogP contribution in [0.3, 0.4) is 0 Å². The third-order valence-electron chi connectivity index (χ3n) is 4.46. The van der Waals surface area contributed by atoms with Gasteiger partial charge in [-0.3, -0.25) is 4.79 Å². The number of halogens is 2. The fraction of sp³-hybridized carbons (Fsp3) is 0.278. The molecule has 0 aliphatic carbocycles. The lowest BCUT2D eigenvalue weighted by Crippen LogP contribution is -2.17. The van der Waals surface area contributed by atoms with E-state index in [1.54, 1.807) is 13.0 Å². The molecule has 0 saturated heterocycles. The molecule has 3 aromatic rings. The predicted molar refractivity (Wildman–Crippen MR) is 94.4 cm³/mol. The molecule has 0 spiro atoms. The predicted octanol–water partition coefficient (Wildman–Crippen LogP) is 3.41. The Balaban J connectivity index is 1.83. The molecule has 3 heterocycles. The van der Waals surface area contributed by atoms with Crippen LogP contribution in [0.1, 0.15) is 34.7 Å². The summed E-state index contributed by atoms with van der Waals surface area (Å²) in [4.78, 5) is 24.3. The van der Waals surface area contributed by atoms with E-state index in [0.29, 0.717) is 28.1 Å². The number of hydrogen-bond acceptors (Lipinski definition) is 4. The van der Waals surface area contributed by atoms with Gasteiger partial charge in [0, 0.05) is 11.3 Å². The van der Waals surface area contributed by atoms with Gasteiger partial charge in [-0.25, -0.2) is 18.7 Å². The minimum absolute atomic E-state index is 0.0853. The number of benzene rings is 1. The van der Waals surface area contributed by atoms with Crippen molar-refractivity contribution in [3.05, 3.63) is 41.2 Å². The summed E-state index contributed by atoms with van der Waals surface area (Å²) in [5, 5.41) is 5.48. The third-order valence-corrected chi connectivity index (χ3v) is 4.46. The van der Waals surface area contributed by atoms with E-state index in [4.69, 9.17) is 0 Å². The zero-order valence-corrected chi connectivity index (χ0v) is 14.2. The van der Waals surface area contributed by atoms with E-state index in [0.717, 1.165) is 17.0 Å². The van der Waals surface area contributed by atoms with Crippen molar-refractivity contribution in [2.75, 3.05) is 11.9 Å². The normalized spacial score (nSPS) is 16.2. The Labute approximate surface area is 148 Å². The topological polar surface area (TPSA) is 82.7 Å². The first-order chi connectivity index (χ1) is 12.4. The minimum atomic E-state index is -2.48. The number of aromatic amines is 1. The van der Waals surface area contributed by atoms with Crippen LogP contribution in [0.15, 0.2) is 24.3 Å². The van der Waals surface area contributed by atoms with Crippen molar-refractivity contribution in [2.24, 2.45) is 0 Å². The number of aromatic nitrogens is 3. The van der Waals surface area contributed by atoms with E-state index >= 15 is 0 Å². The maximum absolute atomic E-state index is 12.5. The number of H-pyrrole nitrogens is 1. The van der Waals surface area contributed by atoms with Crippen LogP contribution in [0.2, 0.25) is 0 Å². The molecule has 1 unspecified atom stereocenters. The first-order valence-electron chi connectivity index (χ1n) is 8.27. The van der Waals surface area contributed by atoms with Crippen LogP contribution in [0, 0.1) is 6.92 Å². The Hall–Kier alpha value is -3.03. The highest BCUT2D eigenvalue weighted by Crippen LogP contribution is 2.33. The summed E-state index contributed by atoms with van der Waals surface area (Å²) in [5.41, 5.74) is 4.76. The molecule has 1 aromatic carbocycles. The van der Waals surface area contributed by atoms with Gasteiger partial charge in [0.25, 0.3) is 12.3 Å². The second-order valence-electron chi connectivity index (χ2n) is 6.31. The maximum Gasteiger partial charge on any atom is 0.255 e. The van der Waals surface area contributed by atoms with E-state index in [1.165, 1.54) is 0 Å². The Kier molecular flexibility index (Phi) is 3.82. The van der Waals surface area contributed by atoms with Crippen LogP contribution in [0.4, 0.5) is 14.6 Å². The molecule has 8 heteroatoms. The molecule has 1 amide bonds. The SMILES string of the molecule is Cc1nc2cccc(-c3cc4c([nH]3)C(C)NC4=O)c2nc1NCC(F)F. The van der Waals surface area contributed by atoms with Crippen molar-refractivity contribution in [1.82, 2.24) is 20.3 Å². The van der Waals surface area contributed by atoms with Crippen molar-refractivity contribution in [3.8, 4) is 11.3 Å². The van der Waals surface area contributed by atoms with Crippen LogP contribution in [0.5, 0.6) is 0 Å². The summed E-state index contributed by atoms with van der Waals surface area (Å²) < 4.78 is 25.0. The molecule has 0 bridgehead atoms. The number of carbonyl (C=O) groups is 1. The fourth-order valence-corrected chi connectivity index (χ4v) is 3.22. The molecule has 26 heavy (non-hydrogen) atoms. The number of rotatable bonds is 4. The first-order valence-corrected chi connectivity index (χ1v) is 8.27. The lowest BCUT2D eigenvalue weighted by molar-refractivity contribution is 0.0958. The van der Waals surface area contributed by atoms with E-state index in [1.807, 2.05) is 25.1 Å². The Morgan fingerprint density at radius 1 is 1.27 bits per heavy atom. The molecule has 134 valence electrons. The smallest absolute Gasteiger partial charge is 0.255 e. The number of anilines is 1. The van der Waals surface area contributed by atoms with Gasteiger partial charge in [0.2, 0.25) is 0 Å². The molecule has 0 radical (unpaired) electrons. The van der Waals surface area contributed by atoms with Gasteiger partial charge in [-0.15, -0.1) is 0 Å². The van der Waals surface area contributed by atoms with Crippen molar-refractivity contribution in [2.45, 2.75) is 26.3 Å². The second kappa shape index (κ2) is 6.05.